The molecular weight excluding hydrogens is 348 g/mol. The van der Waals surface area contributed by atoms with Crippen molar-refractivity contribution < 1.29 is 17.9 Å². The van der Waals surface area contributed by atoms with Gasteiger partial charge in [0.05, 0.1) is 10.5 Å². The fourth-order valence-corrected chi connectivity index (χ4v) is 4.05. The van der Waals surface area contributed by atoms with Crippen LogP contribution in [0, 0.1) is 0 Å². The highest BCUT2D eigenvalue weighted by atomic mass is 32.2. The van der Waals surface area contributed by atoms with Crippen LogP contribution in [-0.4, -0.2) is 14.2 Å². The summed E-state index contributed by atoms with van der Waals surface area (Å²) in [7, 11) is -3.81. The summed E-state index contributed by atoms with van der Waals surface area (Å²) in [5.41, 5.74) is 1.13. The monoisotopic (exact) mass is 366 g/mol. The highest BCUT2D eigenvalue weighted by Crippen LogP contribution is 2.33. The molecule has 3 aromatic carbocycles. The van der Waals surface area contributed by atoms with E-state index < -0.39 is 9.84 Å². The molecule has 4 nitrogen and oxygen atoms in total. The summed E-state index contributed by atoms with van der Waals surface area (Å²) in [6.07, 6.45) is 0. The zero-order valence-corrected chi connectivity index (χ0v) is 15.1. The number of hydrogen-bond acceptors (Lipinski definition) is 4. The zero-order valence-electron chi connectivity index (χ0n) is 14.3. The average Bonchev–Trinajstić information content (AvgIpc) is 2.67. The zero-order chi connectivity index (χ0) is 18.6. The molecule has 0 aromatic heterocycles. The summed E-state index contributed by atoms with van der Waals surface area (Å²) in [5, 5.41) is 0. The van der Waals surface area contributed by atoms with Gasteiger partial charge in [0, 0.05) is 0 Å². The Morgan fingerprint density at radius 2 is 1.46 bits per heavy atom. The molecule has 26 heavy (non-hydrogen) atoms. The number of ketones is 1. The molecule has 0 N–H and O–H groups in total. The summed E-state index contributed by atoms with van der Waals surface area (Å²) in [5.74, 6) is -0.161. The maximum atomic E-state index is 13.0. The Bertz CT molecular complexity index is 1010. The SMILES string of the molecule is CC(=O)c1cccc(S(=O)(=O)c2ccccc2)c1OCc1ccccc1. The Hall–Kier alpha value is -2.92. The number of carbonyl (C=O) groups excluding carboxylic acids is 1. The summed E-state index contributed by atoms with van der Waals surface area (Å²) >= 11 is 0. The van der Waals surface area contributed by atoms with E-state index >= 15 is 0 Å². The Balaban J connectivity index is 2.08. The van der Waals surface area contributed by atoms with Crippen LogP contribution in [0.2, 0.25) is 0 Å². The van der Waals surface area contributed by atoms with Gasteiger partial charge in [-0.25, -0.2) is 8.42 Å². The third-order valence-corrected chi connectivity index (χ3v) is 5.72. The molecule has 0 atom stereocenters. The second-order valence-electron chi connectivity index (χ2n) is 5.78. The first-order chi connectivity index (χ1) is 12.5. The van der Waals surface area contributed by atoms with Crippen LogP contribution in [0.1, 0.15) is 22.8 Å². The Morgan fingerprint density at radius 1 is 0.846 bits per heavy atom. The number of sulfone groups is 1. The van der Waals surface area contributed by atoms with E-state index in [1.54, 1.807) is 30.3 Å². The number of ether oxygens (including phenoxy) is 1. The van der Waals surface area contributed by atoms with Crippen molar-refractivity contribution in [2.75, 3.05) is 0 Å². The van der Waals surface area contributed by atoms with E-state index in [1.165, 1.54) is 25.1 Å². The van der Waals surface area contributed by atoms with Crippen molar-refractivity contribution in [3.8, 4) is 5.75 Å². The smallest absolute Gasteiger partial charge is 0.210 e. The Kier molecular flexibility index (Phi) is 5.19. The van der Waals surface area contributed by atoms with E-state index in [-0.39, 0.29) is 33.5 Å². The average molecular weight is 366 g/mol. The maximum absolute atomic E-state index is 13.0. The van der Waals surface area contributed by atoms with E-state index in [9.17, 15) is 13.2 Å². The first kappa shape index (κ1) is 17.9. The third kappa shape index (κ3) is 3.68. The lowest BCUT2D eigenvalue weighted by atomic mass is 10.1. The fraction of sp³-hybridized carbons (Fsp3) is 0.0952. The first-order valence-corrected chi connectivity index (χ1v) is 9.59. The summed E-state index contributed by atoms with van der Waals surface area (Å²) in [6.45, 7) is 1.56. The van der Waals surface area contributed by atoms with Gasteiger partial charge in [-0.05, 0) is 36.8 Å². The van der Waals surface area contributed by atoms with Crippen LogP contribution in [0.3, 0.4) is 0 Å². The second-order valence-corrected chi connectivity index (χ2v) is 7.70. The Labute approximate surface area is 153 Å². The minimum absolute atomic E-state index is 0.00710. The number of carbonyl (C=O) groups is 1. The van der Waals surface area contributed by atoms with Crippen LogP contribution in [0.5, 0.6) is 5.75 Å². The van der Waals surface area contributed by atoms with Crippen molar-refractivity contribution in [1.82, 2.24) is 0 Å². The third-order valence-electron chi connectivity index (χ3n) is 3.93. The van der Waals surface area contributed by atoms with E-state index in [4.69, 9.17) is 4.74 Å². The van der Waals surface area contributed by atoms with Gasteiger partial charge in [-0.3, -0.25) is 4.79 Å². The normalized spacial score (nSPS) is 11.1. The van der Waals surface area contributed by atoms with E-state index in [2.05, 4.69) is 0 Å². The lowest BCUT2D eigenvalue weighted by molar-refractivity contribution is 0.101. The predicted octanol–water partition coefficient (Wildman–Crippen LogP) is 4.30. The Morgan fingerprint density at radius 3 is 2.08 bits per heavy atom. The summed E-state index contributed by atoms with van der Waals surface area (Å²) in [6, 6.07) is 22.1. The number of rotatable bonds is 6. The molecule has 0 aliphatic carbocycles. The van der Waals surface area contributed by atoms with Crippen molar-refractivity contribution in [2.24, 2.45) is 0 Å². The van der Waals surface area contributed by atoms with Crippen molar-refractivity contribution in [3.63, 3.8) is 0 Å². The van der Waals surface area contributed by atoms with Gasteiger partial charge >= 0.3 is 0 Å². The van der Waals surface area contributed by atoms with Crippen molar-refractivity contribution >= 4 is 15.6 Å². The quantitative estimate of drug-likeness (QED) is 0.610. The van der Waals surface area contributed by atoms with Crippen molar-refractivity contribution in [2.45, 2.75) is 23.3 Å². The van der Waals surface area contributed by atoms with Gasteiger partial charge in [-0.15, -0.1) is 0 Å². The molecule has 0 aliphatic rings. The number of benzene rings is 3. The standard InChI is InChI=1S/C21H18O4S/c1-16(22)19-13-8-14-20(26(23,24)18-11-6-3-7-12-18)21(19)25-15-17-9-4-2-5-10-17/h2-14H,15H2,1H3. The van der Waals surface area contributed by atoms with E-state index in [1.807, 2.05) is 30.3 Å². The minimum atomic E-state index is -3.81. The number of hydrogen-bond donors (Lipinski definition) is 0. The summed E-state index contributed by atoms with van der Waals surface area (Å²) < 4.78 is 31.9. The van der Waals surface area contributed by atoms with Crippen molar-refractivity contribution in [1.29, 1.82) is 0 Å². The molecule has 0 saturated carbocycles. The van der Waals surface area contributed by atoms with Gasteiger partial charge in [0.1, 0.15) is 17.3 Å². The van der Waals surface area contributed by atoms with Gasteiger partial charge < -0.3 is 4.74 Å². The molecule has 3 rings (SSSR count). The lowest BCUT2D eigenvalue weighted by Gasteiger charge is -2.15. The molecule has 0 heterocycles. The molecule has 0 bridgehead atoms. The lowest BCUT2D eigenvalue weighted by Crippen LogP contribution is -2.09. The molecule has 0 saturated heterocycles. The predicted molar refractivity (Wildman–Crippen MR) is 99.1 cm³/mol. The van der Waals surface area contributed by atoms with Gasteiger partial charge in [0.15, 0.2) is 5.78 Å². The topological polar surface area (TPSA) is 60.4 Å². The summed E-state index contributed by atoms with van der Waals surface area (Å²) in [4.78, 5) is 12.2. The first-order valence-electron chi connectivity index (χ1n) is 8.11. The number of para-hydroxylation sites is 1. The van der Waals surface area contributed by atoms with Gasteiger partial charge in [0.25, 0.3) is 0 Å². The molecule has 0 aliphatic heterocycles. The molecule has 5 heteroatoms. The van der Waals surface area contributed by atoms with Gasteiger partial charge in [-0.2, -0.15) is 0 Å². The van der Waals surface area contributed by atoms with Crippen LogP contribution in [0.15, 0.2) is 88.7 Å². The molecule has 3 aromatic rings. The van der Waals surface area contributed by atoms with Crippen LogP contribution in [0.25, 0.3) is 0 Å². The van der Waals surface area contributed by atoms with Crippen LogP contribution >= 0.6 is 0 Å². The van der Waals surface area contributed by atoms with Crippen LogP contribution in [0.4, 0.5) is 0 Å². The largest absolute Gasteiger partial charge is 0.487 e. The molecule has 0 unspecified atom stereocenters. The van der Waals surface area contributed by atoms with E-state index in [0.29, 0.717) is 0 Å². The maximum Gasteiger partial charge on any atom is 0.210 e. The molecule has 0 spiro atoms. The minimum Gasteiger partial charge on any atom is -0.487 e. The van der Waals surface area contributed by atoms with Crippen LogP contribution in [-0.2, 0) is 16.4 Å². The van der Waals surface area contributed by atoms with E-state index in [0.717, 1.165) is 5.56 Å². The van der Waals surface area contributed by atoms with Crippen LogP contribution < -0.4 is 4.74 Å². The highest BCUT2D eigenvalue weighted by Gasteiger charge is 2.25. The fourth-order valence-electron chi connectivity index (χ4n) is 2.61. The molecular formula is C21H18O4S. The van der Waals surface area contributed by atoms with Gasteiger partial charge in [-0.1, -0.05) is 54.6 Å². The van der Waals surface area contributed by atoms with Crippen molar-refractivity contribution in [3.05, 3.63) is 90.0 Å². The molecule has 0 fully saturated rings. The highest BCUT2D eigenvalue weighted by molar-refractivity contribution is 7.91. The molecule has 0 radical (unpaired) electrons. The molecule has 132 valence electrons. The second kappa shape index (κ2) is 7.54. The number of Topliss-reactive ketones (excluding diaryl/α,β-unsaturated/α-hetero) is 1. The molecule has 0 amide bonds. The van der Waals surface area contributed by atoms with Gasteiger partial charge in [0.2, 0.25) is 9.84 Å².